The first-order valence-corrected chi connectivity index (χ1v) is 7.60. The van der Waals surface area contributed by atoms with Gasteiger partial charge < -0.3 is 0 Å². The highest BCUT2D eigenvalue weighted by Gasteiger charge is 2.21. The molecule has 18 heavy (non-hydrogen) atoms. The zero-order valence-corrected chi connectivity index (χ0v) is 10.9. The lowest BCUT2D eigenvalue weighted by Gasteiger charge is -2.11. The van der Waals surface area contributed by atoms with E-state index in [0.717, 1.165) is 12.8 Å². The SMILES string of the molecule is N#Cc1ccccc1S(=O)(=O)NCC1CCCC1. The number of benzene rings is 1. The van der Waals surface area contributed by atoms with Crippen LogP contribution in [0.1, 0.15) is 31.2 Å². The Morgan fingerprint density at radius 2 is 1.94 bits per heavy atom. The molecular formula is C13H16N2O2S. The highest BCUT2D eigenvalue weighted by molar-refractivity contribution is 7.89. The molecule has 0 aromatic heterocycles. The van der Waals surface area contributed by atoms with Gasteiger partial charge >= 0.3 is 0 Å². The number of nitrogens with one attached hydrogen (secondary N) is 1. The van der Waals surface area contributed by atoms with Crippen molar-refractivity contribution < 1.29 is 8.42 Å². The molecule has 0 bridgehead atoms. The first-order valence-electron chi connectivity index (χ1n) is 6.12. The van der Waals surface area contributed by atoms with Crippen LogP contribution in [0.15, 0.2) is 29.2 Å². The van der Waals surface area contributed by atoms with E-state index in [1.165, 1.54) is 25.0 Å². The molecule has 1 aliphatic carbocycles. The lowest BCUT2D eigenvalue weighted by atomic mass is 10.1. The summed E-state index contributed by atoms with van der Waals surface area (Å²) in [6.07, 6.45) is 4.53. The van der Waals surface area contributed by atoms with Crippen LogP contribution in [0.5, 0.6) is 0 Å². The Balaban J connectivity index is 2.12. The average Bonchev–Trinajstić information content (AvgIpc) is 2.89. The molecule has 0 amide bonds. The maximum Gasteiger partial charge on any atom is 0.241 e. The second-order valence-electron chi connectivity index (χ2n) is 4.61. The Bertz CT molecular complexity index is 555. The second kappa shape index (κ2) is 5.51. The number of rotatable bonds is 4. The molecule has 1 N–H and O–H groups in total. The standard InChI is InChI=1S/C13H16N2O2S/c14-9-12-7-3-4-8-13(12)18(16,17)15-10-11-5-1-2-6-11/h3-4,7-8,11,15H,1-2,5-6,10H2. The van der Waals surface area contributed by atoms with Crippen LogP contribution in [-0.4, -0.2) is 15.0 Å². The van der Waals surface area contributed by atoms with E-state index in [0.29, 0.717) is 12.5 Å². The quantitative estimate of drug-likeness (QED) is 0.904. The smallest absolute Gasteiger partial charge is 0.211 e. The lowest BCUT2D eigenvalue weighted by Crippen LogP contribution is -2.29. The molecule has 1 saturated carbocycles. The first-order chi connectivity index (χ1) is 8.63. The molecule has 4 nitrogen and oxygen atoms in total. The maximum atomic E-state index is 12.1. The monoisotopic (exact) mass is 264 g/mol. The molecule has 1 fully saturated rings. The van der Waals surface area contributed by atoms with Gasteiger partial charge in [-0.25, -0.2) is 13.1 Å². The highest BCUT2D eigenvalue weighted by Crippen LogP contribution is 2.24. The molecule has 2 rings (SSSR count). The molecule has 96 valence electrons. The van der Waals surface area contributed by atoms with Crippen LogP contribution in [0.4, 0.5) is 0 Å². The van der Waals surface area contributed by atoms with E-state index >= 15 is 0 Å². The van der Waals surface area contributed by atoms with Crippen molar-refractivity contribution in [1.82, 2.24) is 4.72 Å². The predicted molar refractivity (Wildman–Crippen MR) is 68.3 cm³/mol. The molecule has 1 aliphatic rings. The maximum absolute atomic E-state index is 12.1. The van der Waals surface area contributed by atoms with Gasteiger partial charge in [-0.15, -0.1) is 0 Å². The number of hydrogen-bond acceptors (Lipinski definition) is 3. The Hall–Kier alpha value is -1.38. The Kier molecular flexibility index (Phi) is 4.00. The largest absolute Gasteiger partial charge is 0.241 e. The summed E-state index contributed by atoms with van der Waals surface area (Å²) in [7, 11) is -3.56. The van der Waals surface area contributed by atoms with Gasteiger partial charge in [-0.2, -0.15) is 5.26 Å². The van der Waals surface area contributed by atoms with Crippen molar-refractivity contribution in [2.45, 2.75) is 30.6 Å². The summed E-state index contributed by atoms with van der Waals surface area (Å²) >= 11 is 0. The summed E-state index contributed by atoms with van der Waals surface area (Å²) < 4.78 is 26.8. The Morgan fingerprint density at radius 3 is 2.61 bits per heavy atom. The summed E-state index contributed by atoms with van der Waals surface area (Å²) in [6, 6.07) is 8.19. The highest BCUT2D eigenvalue weighted by atomic mass is 32.2. The van der Waals surface area contributed by atoms with Crippen LogP contribution in [0.2, 0.25) is 0 Å². The number of hydrogen-bond donors (Lipinski definition) is 1. The predicted octanol–water partition coefficient (Wildman–Crippen LogP) is 2.03. The van der Waals surface area contributed by atoms with Crippen molar-refractivity contribution in [1.29, 1.82) is 5.26 Å². The average molecular weight is 264 g/mol. The molecule has 0 heterocycles. The molecule has 0 saturated heterocycles. The minimum absolute atomic E-state index is 0.0745. The van der Waals surface area contributed by atoms with Crippen LogP contribution in [0.25, 0.3) is 0 Å². The number of nitriles is 1. The van der Waals surface area contributed by atoms with Gasteiger partial charge in [0.15, 0.2) is 0 Å². The molecular weight excluding hydrogens is 248 g/mol. The van der Waals surface area contributed by atoms with Crippen molar-refractivity contribution >= 4 is 10.0 Å². The van der Waals surface area contributed by atoms with Crippen molar-refractivity contribution in [3.05, 3.63) is 29.8 Å². The topological polar surface area (TPSA) is 70.0 Å². The van der Waals surface area contributed by atoms with Crippen LogP contribution in [-0.2, 0) is 10.0 Å². The molecule has 0 unspecified atom stereocenters. The first kappa shape index (κ1) is 13.1. The molecule has 0 atom stereocenters. The fourth-order valence-electron chi connectivity index (χ4n) is 2.31. The summed E-state index contributed by atoms with van der Waals surface area (Å²) in [5.74, 6) is 0.439. The third kappa shape index (κ3) is 2.89. The third-order valence-electron chi connectivity index (χ3n) is 3.33. The van der Waals surface area contributed by atoms with E-state index in [1.54, 1.807) is 12.1 Å². The van der Waals surface area contributed by atoms with Gasteiger partial charge in [-0.1, -0.05) is 25.0 Å². The van der Waals surface area contributed by atoms with E-state index in [2.05, 4.69) is 4.72 Å². The normalized spacial score (nSPS) is 16.6. The van der Waals surface area contributed by atoms with E-state index in [-0.39, 0.29) is 10.5 Å². The lowest BCUT2D eigenvalue weighted by molar-refractivity contribution is 0.519. The van der Waals surface area contributed by atoms with E-state index in [4.69, 9.17) is 5.26 Å². The van der Waals surface area contributed by atoms with Crippen molar-refractivity contribution in [2.75, 3.05) is 6.54 Å². The summed E-state index contributed by atoms with van der Waals surface area (Å²) in [4.78, 5) is 0.0745. The Labute approximate surface area is 108 Å². The van der Waals surface area contributed by atoms with Gasteiger partial charge in [0.1, 0.15) is 6.07 Å². The van der Waals surface area contributed by atoms with E-state index < -0.39 is 10.0 Å². The second-order valence-corrected chi connectivity index (χ2v) is 6.35. The van der Waals surface area contributed by atoms with E-state index in [1.807, 2.05) is 6.07 Å². The van der Waals surface area contributed by atoms with Crippen molar-refractivity contribution in [3.63, 3.8) is 0 Å². The third-order valence-corrected chi connectivity index (χ3v) is 4.82. The van der Waals surface area contributed by atoms with Crippen LogP contribution in [0.3, 0.4) is 0 Å². The van der Waals surface area contributed by atoms with Crippen LogP contribution >= 0.6 is 0 Å². The molecule has 5 heteroatoms. The van der Waals surface area contributed by atoms with Gasteiger partial charge in [0.25, 0.3) is 0 Å². The zero-order chi connectivity index (χ0) is 13.0. The zero-order valence-electron chi connectivity index (χ0n) is 10.1. The summed E-state index contributed by atoms with van der Waals surface area (Å²) in [5, 5.41) is 8.92. The van der Waals surface area contributed by atoms with Crippen LogP contribution in [0, 0.1) is 17.2 Å². The fraction of sp³-hybridized carbons (Fsp3) is 0.462. The number of nitrogens with zero attached hydrogens (tertiary/aromatic N) is 1. The van der Waals surface area contributed by atoms with Crippen LogP contribution < -0.4 is 4.72 Å². The Morgan fingerprint density at radius 1 is 1.28 bits per heavy atom. The summed E-state index contributed by atoms with van der Waals surface area (Å²) in [6.45, 7) is 0.474. The van der Waals surface area contributed by atoms with Gasteiger partial charge in [0.2, 0.25) is 10.0 Å². The molecule has 0 spiro atoms. The summed E-state index contributed by atoms with van der Waals surface area (Å²) in [5.41, 5.74) is 0.191. The fourth-order valence-corrected chi connectivity index (χ4v) is 3.58. The van der Waals surface area contributed by atoms with E-state index in [9.17, 15) is 8.42 Å². The number of sulfonamides is 1. The minimum Gasteiger partial charge on any atom is -0.211 e. The molecule has 1 aromatic carbocycles. The van der Waals surface area contributed by atoms with Gasteiger partial charge in [-0.3, -0.25) is 0 Å². The molecule has 1 aromatic rings. The van der Waals surface area contributed by atoms with Crippen molar-refractivity contribution in [3.8, 4) is 6.07 Å². The minimum atomic E-state index is -3.56. The van der Waals surface area contributed by atoms with Gasteiger partial charge in [0, 0.05) is 6.54 Å². The van der Waals surface area contributed by atoms with Gasteiger partial charge in [-0.05, 0) is 30.9 Å². The van der Waals surface area contributed by atoms with Gasteiger partial charge in [0.05, 0.1) is 10.5 Å². The molecule has 0 radical (unpaired) electrons. The van der Waals surface area contributed by atoms with Crippen molar-refractivity contribution in [2.24, 2.45) is 5.92 Å². The molecule has 0 aliphatic heterocycles.